The van der Waals surface area contributed by atoms with E-state index in [0.29, 0.717) is 12.1 Å². The minimum Gasteiger partial charge on any atom is -0.380 e. The van der Waals surface area contributed by atoms with E-state index >= 15 is 0 Å². The molecule has 66 valence electrons. The third kappa shape index (κ3) is 2.43. The van der Waals surface area contributed by atoms with Crippen LogP contribution in [0, 0.1) is 0 Å². The number of rotatable bonds is 2. The minimum absolute atomic E-state index is 0.384. The Bertz CT molecular complexity index is 96.3. The number of hydrogen-bond acceptors (Lipinski definition) is 3. The maximum Gasteiger partial charge on any atom is 0.0737 e. The molecule has 0 radical (unpaired) electrons. The van der Waals surface area contributed by atoms with Gasteiger partial charge >= 0.3 is 0 Å². The van der Waals surface area contributed by atoms with E-state index in [4.69, 9.17) is 4.74 Å². The summed E-state index contributed by atoms with van der Waals surface area (Å²) >= 11 is 0. The summed E-state index contributed by atoms with van der Waals surface area (Å²) in [5, 5.41) is 6.63. The van der Waals surface area contributed by atoms with Crippen molar-refractivity contribution in [1.29, 1.82) is 0 Å². The second-order valence-corrected chi connectivity index (χ2v) is 3.02. The molecule has 0 bridgehead atoms. The highest BCUT2D eigenvalue weighted by atomic mass is 16.5. The number of likely N-dealkylation sites (N-methyl/N-ethyl adjacent to an activating group) is 1. The van der Waals surface area contributed by atoms with Crippen LogP contribution in [-0.4, -0.2) is 39.4 Å². The van der Waals surface area contributed by atoms with Crippen LogP contribution in [0.25, 0.3) is 0 Å². The summed E-state index contributed by atoms with van der Waals surface area (Å²) in [6.07, 6.45) is 2.76. The molecule has 1 saturated heterocycles. The number of methoxy groups -OCH3 is 1. The van der Waals surface area contributed by atoms with E-state index in [1.54, 1.807) is 7.11 Å². The fourth-order valence-corrected chi connectivity index (χ4v) is 1.59. The van der Waals surface area contributed by atoms with Gasteiger partial charge in [0, 0.05) is 19.7 Å². The quantitative estimate of drug-likeness (QED) is 0.592. The molecular formula is C8H18N2O. The predicted molar refractivity (Wildman–Crippen MR) is 45.7 cm³/mol. The highest BCUT2D eigenvalue weighted by molar-refractivity contribution is 4.80. The Morgan fingerprint density at radius 3 is 3.00 bits per heavy atom. The van der Waals surface area contributed by atoms with Gasteiger partial charge in [-0.05, 0) is 26.4 Å². The molecule has 0 aliphatic carbocycles. The van der Waals surface area contributed by atoms with E-state index in [0.717, 1.165) is 19.5 Å². The molecule has 0 spiro atoms. The molecule has 2 N–H and O–H groups in total. The molecule has 1 aliphatic rings. The normalized spacial score (nSPS) is 33.3. The van der Waals surface area contributed by atoms with E-state index in [1.807, 2.05) is 7.05 Å². The smallest absolute Gasteiger partial charge is 0.0737 e. The number of nitrogens with one attached hydrogen (secondary N) is 2. The highest BCUT2D eigenvalue weighted by Gasteiger charge is 2.20. The van der Waals surface area contributed by atoms with Crippen molar-refractivity contribution in [2.75, 3.05) is 27.2 Å². The lowest BCUT2D eigenvalue weighted by molar-refractivity contribution is 0.0693. The zero-order valence-corrected chi connectivity index (χ0v) is 7.39. The first-order chi connectivity index (χ1) is 5.38. The average Bonchev–Trinajstić information content (AvgIpc) is 2.27. The minimum atomic E-state index is 0.384. The summed E-state index contributed by atoms with van der Waals surface area (Å²) in [5.74, 6) is 0. The second-order valence-electron chi connectivity index (χ2n) is 3.02. The summed E-state index contributed by atoms with van der Waals surface area (Å²) < 4.78 is 5.37. The summed E-state index contributed by atoms with van der Waals surface area (Å²) in [7, 11) is 3.78. The number of ether oxygens (including phenoxy) is 1. The molecule has 0 aromatic heterocycles. The lowest BCUT2D eigenvalue weighted by atomic mass is 10.1. The third-order valence-corrected chi connectivity index (χ3v) is 2.33. The Hall–Kier alpha value is -0.120. The molecule has 1 fully saturated rings. The zero-order valence-electron chi connectivity index (χ0n) is 7.39. The van der Waals surface area contributed by atoms with E-state index < -0.39 is 0 Å². The third-order valence-electron chi connectivity index (χ3n) is 2.33. The Kier molecular flexibility index (Phi) is 3.83. The summed E-state index contributed by atoms with van der Waals surface area (Å²) in [6.45, 7) is 2.15. The molecular weight excluding hydrogens is 140 g/mol. The molecule has 0 aromatic rings. The van der Waals surface area contributed by atoms with Crippen LogP contribution < -0.4 is 10.6 Å². The van der Waals surface area contributed by atoms with Gasteiger partial charge in [0.1, 0.15) is 0 Å². The molecule has 3 heteroatoms. The summed E-state index contributed by atoms with van der Waals surface area (Å²) in [4.78, 5) is 0. The molecule has 11 heavy (non-hydrogen) atoms. The van der Waals surface area contributed by atoms with Gasteiger partial charge < -0.3 is 15.4 Å². The topological polar surface area (TPSA) is 33.3 Å². The largest absolute Gasteiger partial charge is 0.380 e. The van der Waals surface area contributed by atoms with Gasteiger partial charge in [0.2, 0.25) is 0 Å². The van der Waals surface area contributed by atoms with Crippen LogP contribution in [0.4, 0.5) is 0 Å². The first kappa shape index (κ1) is 8.97. The first-order valence-corrected chi connectivity index (χ1v) is 4.29. The van der Waals surface area contributed by atoms with Gasteiger partial charge in [0.25, 0.3) is 0 Å². The Morgan fingerprint density at radius 2 is 2.36 bits per heavy atom. The van der Waals surface area contributed by atoms with Gasteiger partial charge in [-0.2, -0.15) is 0 Å². The van der Waals surface area contributed by atoms with Gasteiger partial charge in [0.15, 0.2) is 0 Å². The van der Waals surface area contributed by atoms with Crippen LogP contribution in [0.3, 0.4) is 0 Å². The van der Waals surface area contributed by atoms with Crippen LogP contribution in [0.1, 0.15) is 12.8 Å². The van der Waals surface area contributed by atoms with E-state index in [-0.39, 0.29) is 0 Å². The van der Waals surface area contributed by atoms with Crippen molar-refractivity contribution >= 4 is 0 Å². The molecule has 3 nitrogen and oxygen atoms in total. The van der Waals surface area contributed by atoms with Crippen LogP contribution in [0.2, 0.25) is 0 Å². The molecule has 1 aliphatic heterocycles. The van der Waals surface area contributed by atoms with E-state index in [1.165, 1.54) is 6.42 Å². The molecule has 1 heterocycles. The van der Waals surface area contributed by atoms with Crippen LogP contribution in [0.5, 0.6) is 0 Å². The van der Waals surface area contributed by atoms with Crippen molar-refractivity contribution in [1.82, 2.24) is 10.6 Å². The Labute approximate surface area is 68.5 Å². The molecule has 0 saturated carbocycles. The van der Waals surface area contributed by atoms with Crippen LogP contribution in [-0.2, 0) is 4.74 Å². The first-order valence-electron chi connectivity index (χ1n) is 4.29. The second kappa shape index (κ2) is 4.70. The summed E-state index contributed by atoms with van der Waals surface area (Å²) in [6, 6.07) is 0.475. The SMILES string of the molecule is CNC1CNCCCC1OC. The van der Waals surface area contributed by atoms with Crippen LogP contribution >= 0.6 is 0 Å². The van der Waals surface area contributed by atoms with Gasteiger partial charge in [0.05, 0.1) is 6.10 Å². The fraction of sp³-hybridized carbons (Fsp3) is 1.00. The zero-order chi connectivity index (χ0) is 8.10. The van der Waals surface area contributed by atoms with Gasteiger partial charge in [-0.25, -0.2) is 0 Å². The van der Waals surface area contributed by atoms with E-state index in [2.05, 4.69) is 10.6 Å². The van der Waals surface area contributed by atoms with Gasteiger partial charge in [-0.3, -0.25) is 0 Å². The lowest BCUT2D eigenvalue weighted by Crippen LogP contribution is -2.43. The molecule has 1 rings (SSSR count). The van der Waals surface area contributed by atoms with E-state index in [9.17, 15) is 0 Å². The maximum atomic E-state index is 5.37. The molecule has 0 aromatic carbocycles. The maximum absolute atomic E-state index is 5.37. The highest BCUT2D eigenvalue weighted by Crippen LogP contribution is 2.08. The van der Waals surface area contributed by atoms with Crippen LogP contribution in [0.15, 0.2) is 0 Å². The Morgan fingerprint density at radius 1 is 1.55 bits per heavy atom. The van der Waals surface area contributed by atoms with Gasteiger partial charge in [-0.15, -0.1) is 0 Å². The van der Waals surface area contributed by atoms with Crippen molar-refractivity contribution in [3.8, 4) is 0 Å². The molecule has 2 unspecified atom stereocenters. The van der Waals surface area contributed by atoms with Crippen molar-refractivity contribution in [3.63, 3.8) is 0 Å². The van der Waals surface area contributed by atoms with Crippen molar-refractivity contribution in [2.45, 2.75) is 25.0 Å². The standard InChI is InChI=1S/C8H18N2O/c1-9-7-6-10-5-3-4-8(7)11-2/h7-10H,3-6H2,1-2H3. The van der Waals surface area contributed by atoms with Crippen molar-refractivity contribution in [3.05, 3.63) is 0 Å². The monoisotopic (exact) mass is 158 g/mol. The lowest BCUT2D eigenvalue weighted by Gasteiger charge is -2.22. The van der Waals surface area contributed by atoms with Crippen molar-refractivity contribution < 1.29 is 4.74 Å². The Balaban J connectivity index is 2.41. The van der Waals surface area contributed by atoms with Gasteiger partial charge in [-0.1, -0.05) is 0 Å². The van der Waals surface area contributed by atoms with Crippen molar-refractivity contribution in [2.24, 2.45) is 0 Å². The summed E-state index contributed by atoms with van der Waals surface area (Å²) in [5.41, 5.74) is 0. The fourth-order valence-electron chi connectivity index (χ4n) is 1.59. The molecule has 2 atom stereocenters. The molecule has 0 amide bonds. The average molecular weight is 158 g/mol. The number of hydrogen-bond donors (Lipinski definition) is 2. The predicted octanol–water partition coefficient (Wildman–Crippen LogP) is -0.0272.